The van der Waals surface area contributed by atoms with Gasteiger partial charge in [-0.1, -0.05) is 6.92 Å². The van der Waals surface area contributed by atoms with Crippen LogP contribution in [0.3, 0.4) is 0 Å². The minimum Gasteiger partial charge on any atom is -0.0593 e. The van der Waals surface area contributed by atoms with E-state index < -0.39 is 0 Å². The van der Waals surface area contributed by atoms with E-state index in [1.807, 2.05) is 0 Å². The Balaban J connectivity index is 1.99. The van der Waals surface area contributed by atoms with Crippen molar-refractivity contribution in [3.8, 4) is 0 Å². The van der Waals surface area contributed by atoms with Crippen LogP contribution in [0.15, 0.2) is 0 Å². The summed E-state index contributed by atoms with van der Waals surface area (Å²) in [6.07, 6.45) is 6.30. The van der Waals surface area contributed by atoms with Crippen LogP contribution in [0.1, 0.15) is 32.6 Å². The summed E-state index contributed by atoms with van der Waals surface area (Å²) in [7, 11) is 0. The third-order valence-corrected chi connectivity index (χ3v) is 4.24. The summed E-state index contributed by atoms with van der Waals surface area (Å²) in [5, 5.41) is 0. The van der Waals surface area contributed by atoms with Crippen LogP contribution in [0.4, 0.5) is 0 Å². The second-order valence-electron chi connectivity index (χ2n) is 4.68. The molecule has 0 aromatic heterocycles. The van der Waals surface area contributed by atoms with E-state index in [0.717, 1.165) is 5.41 Å². The third-order valence-electron chi connectivity index (χ3n) is 4.24. The normalized spacial score (nSPS) is 68.3. The molecule has 0 nitrogen and oxygen atoms in total. The van der Waals surface area contributed by atoms with Gasteiger partial charge in [-0.15, -0.1) is 0 Å². The van der Waals surface area contributed by atoms with Crippen LogP contribution < -0.4 is 0 Å². The average molecular weight is 122 g/mol. The lowest BCUT2D eigenvalue weighted by Crippen LogP contribution is -2.52. The van der Waals surface area contributed by atoms with Crippen molar-refractivity contribution in [2.24, 2.45) is 23.2 Å². The molecule has 0 heterocycles. The van der Waals surface area contributed by atoms with Crippen molar-refractivity contribution < 1.29 is 0 Å². The van der Waals surface area contributed by atoms with Crippen LogP contribution in [0, 0.1) is 23.2 Å². The lowest BCUT2D eigenvalue weighted by atomic mass is 9.45. The third kappa shape index (κ3) is 0.342. The summed E-state index contributed by atoms with van der Waals surface area (Å²) < 4.78 is 0. The van der Waals surface area contributed by atoms with Gasteiger partial charge in [0.15, 0.2) is 0 Å². The molecule has 9 heavy (non-hydrogen) atoms. The Morgan fingerprint density at radius 2 is 2.22 bits per heavy atom. The van der Waals surface area contributed by atoms with Crippen molar-refractivity contribution in [3.05, 3.63) is 0 Å². The molecule has 3 fully saturated rings. The summed E-state index contributed by atoms with van der Waals surface area (Å²) in [5.74, 6) is 3.59. The summed E-state index contributed by atoms with van der Waals surface area (Å²) in [6.45, 7) is 2.51. The Hall–Kier alpha value is 0. The van der Waals surface area contributed by atoms with Crippen LogP contribution in [0.2, 0.25) is 0 Å². The summed E-state index contributed by atoms with van der Waals surface area (Å²) in [5.41, 5.74) is 0.855. The molecule has 3 aliphatic carbocycles. The lowest BCUT2D eigenvalue weighted by Gasteiger charge is -2.59. The molecule has 50 valence electrons. The molecule has 3 aliphatic rings. The first kappa shape index (κ1) is 4.76. The lowest BCUT2D eigenvalue weighted by molar-refractivity contribution is -0.106. The van der Waals surface area contributed by atoms with Crippen molar-refractivity contribution in [3.63, 3.8) is 0 Å². The molecule has 0 saturated heterocycles. The Morgan fingerprint density at radius 1 is 1.33 bits per heavy atom. The highest BCUT2D eigenvalue weighted by Crippen LogP contribution is 2.72. The summed E-state index contributed by atoms with van der Waals surface area (Å²) in [6, 6.07) is 0. The molecule has 0 heteroatoms. The molecule has 4 unspecified atom stereocenters. The second-order valence-corrected chi connectivity index (χ2v) is 4.68. The maximum atomic E-state index is 2.51. The Kier molecular flexibility index (Phi) is 0.574. The molecule has 0 aromatic rings. The van der Waals surface area contributed by atoms with Crippen molar-refractivity contribution in [2.45, 2.75) is 32.6 Å². The number of hydrogen-bond donors (Lipinski definition) is 0. The Labute approximate surface area is 56.6 Å². The zero-order valence-corrected chi connectivity index (χ0v) is 6.06. The molecule has 0 spiro atoms. The molecule has 0 amide bonds. The van der Waals surface area contributed by atoms with Gasteiger partial charge in [-0.2, -0.15) is 0 Å². The van der Waals surface area contributed by atoms with Crippen LogP contribution in [-0.2, 0) is 0 Å². The predicted octanol–water partition coefficient (Wildman–Crippen LogP) is 2.44. The topological polar surface area (TPSA) is 0 Å². The molecule has 0 aromatic carbocycles. The zero-order chi connectivity index (χ0) is 6.06. The van der Waals surface area contributed by atoms with Gasteiger partial charge in [0.25, 0.3) is 0 Å². The minimum absolute atomic E-state index is 0.855. The minimum atomic E-state index is 0.855. The first-order chi connectivity index (χ1) is 4.30. The fourth-order valence-electron chi connectivity index (χ4n) is 3.88. The van der Waals surface area contributed by atoms with Crippen LogP contribution in [0.5, 0.6) is 0 Å². The maximum absolute atomic E-state index is 2.51. The van der Waals surface area contributed by atoms with Gasteiger partial charge in [-0.3, -0.25) is 0 Å². The molecule has 4 atom stereocenters. The first-order valence-corrected chi connectivity index (χ1v) is 4.30. The highest BCUT2D eigenvalue weighted by atomic mass is 14.7. The average Bonchev–Trinajstić information content (AvgIpc) is 2.00. The second kappa shape index (κ2) is 1.09. The van der Waals surface area contributed by atoms with E-state index in [1.165, 1.54) is 17.8 Å². The summed E-state index contributed by atoms with van der Waals surface area (Å²) in [4.78, 5) is 0. The maximum Gasteiger partial charge on any atom is -0.0289 e. The smallest absolute Gasteiger partial charge is 0.0289 e. The molecule has 3 saturated carbocycles. The van der Waals surface area contributed by atoms with E-state index in [0.29, 0.717) is 0 Å². The van der Waals surface area contributed by atoms with Crippen molar-refractivity contribution in [1.82, 2.24) is 0 Å². The van der Waals surface area contributed by atoms with Gasteiger partial charge in [-0.25, -0.2) is 0 Å². The SMILES string of the molecule is CC12CCC3CC(C1)C32. The van der Waals surface area contributed by atoms with E-state index >= 15 is 0 Å². The molecule has 0 radical (unpaired) electrons. The monoisotopic (exact) mass is 122 g/mol. The number of rotatable bonds is 0. The molecular weight excluding hydrogens is 108 g/mol. The number of hydrogen-bond acceptors (Lipinski definition) is 0. The van der Waals surface area contributed by atoms with E-state index in [9.17, 15) is 0 Å². The molecule has 3 rings (SSSR count). The predicted molar refractivity (Wildman–Crippen MR) is 37.0 cm³/mol. The van der Waals surface area contributed by atoms with Crippen molar-refractivity contribution in [1.29, 1.82) is 0 Å². The Bertz CT molecular complexity index is 157. The van der Waals surface area contributed by atoms with Gasteiger partial charge >= 0.3 is 0 Å². The molecule has 0 aliphatic heterocycles. The van der Waals surface area contributed by atoms with Gasteiger partial charge in [0, 0.05) is 0 Å². The van der Waals surface area contributed by atoms with Crippen LogP contribution in [0.25, 0.3) is 0 Å². The van der Waals surface area contributed by atoms with Gasteiger partial charge in [0.2, 0.25) is 0 Å². The standard InChI is InChI=1S/C9H14/c1-9-3-2-6-4-7(5-9)8(6)9/h6-8H,2-5H2,1H3. The van der Waals surface area contributed by atoms with E-state index in [1.54, 1.807) is 25.7 Å². The van der Waals surface area contributed by atoms with Gasteiger partial charge in [0.05, 0.1) is 0 Å². The van der Waals surface area contributed by atoms with Gasteiger partial charge in [0.1, 0.15) is 0 Å². The highest BCUT2D eigenvalue weighted by Gasteiger charge is 2.63. The molecule has 0 bridgehead atoms. The van der Waals surface area contributed by atoms with Crippen molar-refractivity contribution >= 4 is 0 Å². The molecule has 0 N–H and O–H groups in total. The fraction of sp³-hybridized carbons (Fsp3) is 1.00. The first-order valence-electron chi connectivity index (χ1n) is 4.30. The van der Waals surface area contributed by atoms with Crippen LogP contribution in [-0.4, -0.2) is 0 Å². The van der Waals surface area contributed by atoms with E-state index in [2.05, 4.69) is 6.92 Å². The van der Waals surface area contributed by atoms with E-state index in [4.69, 9.17) is 0 Å². The quantitative estimate of drug-likeness (QED) is 0.463. The summed E-state index contributed by atoms with van der Waals surface area (Å²) >= 11 is 0. The molecular formula is C9H14. The van der Waals surface area contributed by atoms with Gasteiger partial charge in [-0.05, 0) is 48.9 Å². The fourth-order valence-corrected chi connectivity index (χ4v) is 3.88. The zero-order valence-electron chi connectivity index (χ0n) is 6.06. The van der Waals surface area contributed by atoms with Crippen LogP contribution >= 0.6 is 0 Å². The largest absolute Gasteiger partial charge is 0.0593 e. The Morgan fingerprint density at radius 3 is 2.78 bits per heavy atom. The van der Waals surface area contributed by atoms with Crippen molar-refractivity contribution in [2.75, 3.05) is 0 Å². The van der Waals surface area contributed by atoms with E-state index in [-0.39, 0.29) is 0 Å². The highest BCUT2D eigenvalue weighted by molar-refractivity contribution is 5.13. The van der Waals surface area contributed by atoms with Gasteiger partial charge < -0.3 is 0 Å².